The number of carbonyl (C=O) groups excluding carboxylic acids is 1. The van der Waals surface area contributed by atoms with Crippen molar-refractivity contribution in [3.63, 3.8) is 0 Å². The fourth-order valence-electron chi connectivity index (χ4n) is 2.78. The van der Waals surface area contributed by atoms with Gasteiger partial charge in [-0.2, -0.15) is 5.10 Å². The Kier molecular flexibility index (Phi) is 4.79. The van der Waals surface area contributed by atoms with Crippen molar-refractivity contribution >= 4 is 23.5 Å². The number of carbonyl (C=O) groups is 2. The molecule has 0 spiro atoms. The highest BCUT2D eigenvalue weighted by atomic mass is 35.5. The molecule has 0 saturated carbocycles. The van der Waals surface area contributed by atoms with Crippen LogP contribution in [0.2, 0.25) is 5.02 Å². The summed E-state index contributed by atoms with van der Waals surface area (Å²) in [5.74, 6) is -1.08. The molecule has 0 bridgehead atoms. The SMILES string of the molecule is O=C(O)c1cn(C2CCCN(C(=O)CCn3cc(Cl)cn3)C2)nn1. The van der Waals surface area contributed by atoms with E-state index in [0.29, 0.717) is 31.1 Å². The number of halogens is 1. The summed E-state index contributed by atoms with van der Waals surface area (Å²) in [6, 6.07) is -0.0533. The van der Waals surface area contributed by atoms with Gasteiger partial charge in [0.2, 0.25) is 5.91 Å². The lowest BCUT2D eigenvalue weighted by Crippen LogP contribution is -2.41. The molecule has 1 aliphatic rings. The van der Waals surface area contributed by atoms with E-state index in [4.69, 9.17) is 16.7 Å². The highest BCUT2D eigenvalue weighted by molar-refractivity contribution is 6.30. The van der Waals surface area contributed by atoms with Crippen LogP contribution in [0, 0.1) is 0 Å². The number of aromatic carboxylic acids is 1. The molecular formula is C14H17ClN6O3. The number of carboxylic acid groups (broad SMARTS) is 1. The lowest BCUT2D eigenvalue weighted by molar-refractivity contribution is -0.133. The standard InChI is InChI=1S/C14H17ClN6O3/c15-10-6-16-20(7-10)5-3-13(22)19-4-1-2-11(8-19)21-9-12(14(23)24)17-18-21/h6-7,9,11H,1-5,8H2,(H,23,24). The molecule has 3 heterocycles. The molecule has 2 aromatic heterocycles. The van der Waals surface area contributed by atoms with Crippen molar-refractivity contribution in [3.05, 3.63) is 29.3 Å². The smallest absolute Gasteiger partial charge is 0.358 e. The minimum absolute atomic E-state index is 0.0323. The summed E-state index contributed by atoms with van der Waals surface area (Å²) in [6.07, 6.45) is 6.63. The maximum Gasteiger partial charge on any atom is 0.358 e. The maximum absolute atomic E-state index is 12.4. The van der Waals surface area contributed by atoms with Gasteiger partial charge >= 0.3 is 5.97 Å². The van der Waals surface area contributed by atoms with Gasteiger partial charge in [0.1, 0.15) is 0 Å². The molecule has 1 unspecified atom stereocenters. The van der Waals surface area contributed by atoms with E-state index >= 15 is 0 Å². The Morgan fingerprint density at radius 2 is 2.21 bits per heavy atom. The quantitative estimate of drug-likeness (QED) is 0.863. The van der Waals surface area contributed by atoms with Crippen LogP contribution in [0.1, 0.15) is 35.8 Å². The zero-order chi connectivity index (χ0) is 17.1. The van der Waals surface area contributed by atoms with Crippen LogP contribution < -0.4 is 0 Å². The summed E-state index contributed by atoms with van der Waals surface area (Å²) in [7, 11) is 0. The third-order valence-electron chi connectivity index (χ3n) is 4.01. The Bertz CT molecular complexity index is 742. The maximum atomic E-state index is 12.4. The molecule has 2 aromatic rings. The molecule has 1 atom stereocenters. The van der Waals surface area contributed by atoms with Gasteiger partial charge in [-0.05, 0) is 12.8 Å². The van der Waals surface area contributed by atoms with Crippen LogP contribution in [-0.2, 0) is 11.3 Å². The Labute approximate surface area is 142 Å². The number of likely N-dealkylation sites (tertiary alicyclic amines) is 1. The molecule has 0 radical (unpaired) electrons. The topological polar surface area (TPSA) is 106 Å². The average molecular weight is 353 g/mol. The number of aromatic nitrogens is 5. The molecule has 9 nitrogen and oxygen atoms in total. The number of piperidine rings is 1. The monoisotopic (exact) mass is 352 g/mol. The van der Waals surface area contributed by atoms with E-state index in [1.54, 1.807) is 15.8 Å². The van der Waals surface area contributed by atoms with Crippen LogP contribution >= 0.6 is 11.6 Å². The van der Waals surface area contributed by atoms with Crippen molar-refractivity contribution in [1.82, 2.24) is 29.7 Å². The van der Waals surface area contributed by atoms with Gasteiger partial charge in [-0.25, -0.2) is 9.48 Å². The van der Waals surface area contributed by atoms with Gasteiger partial charge in [-0.3, -0.25) is 9.48 Å². The van der Waals surface area contributed by atoms with E-state index in [9.17, 15) is 9.59 Å². The molecule has 0 aliphatic carbocycles. The van der Waals surface area contributed by atoms with Gasteiger partial charge in [-0.1, -0.05) is 16.8 Å². The van der Waals surface area contributed by atoms with Crippen LogP contribution in [0.25, 0.3) is 0 Å². The van der Waals surface area contributed by atoms with Crippen LogP contribution in [-0.4, -0.2) is 59.7 Å². The van der Waals surface area contributed by atoms with Gasteiger partial charge in [0.05, 0.1) is 23.5 Å². The minimum atomic E-state index is -1.11. The van der Waals surface area contributed by atoms with E-state index in [1.165, 1.54) is 17.1 Å². The molecular weight excluding hydrogens is 336 g/mol. The first-order chi connectivity index (χ1) is 11.5. The number of carboxylic acids is 1. The number of rotatable bonds is 5. The summed E-state index contributed by atoms with van der Waals surface area (Å²) in [4.78, 5) is 25.1. The van der Waals surface area contributed by atoms with Gasteiger partial charge in [0, 0.05) is 32.3 Å². The fraction of sp³-hybridized carbons (Fsp3) is 0.500. The Morgan fingerprint density at radius 3 is 2.88 bits per heavy atom. The highest BCUT2D eigenvalue weighted by Gasteiger charge is 2.26. The molecule has 1 aliphatic heterocycles. The lowest BCUT2D eigenvalue weighted by Gasteiger charge is -2.32. The van der Waals surface area contributed by atoms with Crippen molar-refractivity contribution in [1.29, 1.82) is 0 Å². The van der Waals surface area contributed by atoms with Crippen LogP contribution in [0.3, 0.4) is 0 Å². The van der Waals surface area contributed by atoms with Crippen molar-refractivity contribution < 1.29 is 14.7 Å². The van der Waals surface area contributed by atoms with Crippen molar-refractivity contribution in [3.8, 4) is 0 Å². The molecule has 1 fully saturated rings. The molecule has 1 saturated heterocycles. The predicted octanol–water partition coefficient (Wildman–Crippen LogP) is 1.08. The lowest BCUT2D eigenvalue weighted by atomic mass is 10.1. The van der Waals surface area contributed by atoms with E-state index in [0.717, 1.165) is 12.8 Å². The summed E-state index contributed by atoms with van der Waals surface area (Å²) in [5, 5.41) is 21.0. The molecule has 1 N–H and O–H groups in total. The molecule has 3 rings (SSSR count). The van der Waals surface area contributed by atoms with Gasteiger partial charge < -0.3 is 10.0 Å². The third-order valence-corrected chi connectivity index (χ3v) is 4.20. The van der Waals surface area contributed by atoms with Crippen LogP contribution in [0.5, 0.6) is 0 Å². The van der Waals surface area contributed by atoms with Gasteiger partial charge in [-0.15, -0.1) is 5.10 Å². The first-order valence-corrected chi connectivity index (χ1v) is 8.01. The number of hydrogen-bond acceptors (Lipinski definition) is 5. The second-order valence-electron chi connectivity index (χ2n) is 5.70. The number of aryl methyl sites for hydroxylation is 1. The third kappa shape index (κ3) is 3.73. The second kappa shape index (κ2) is 7.00. The number of amides is 1. The minimum Gasteiger partial charge on any atom is -0.476 e. The van der Waals surface area contributed by atoms with E-state index in [1.807, 2.05) is 0 Å². The summed E-state index contributed by atoms with van der Waals surface area (Å²) in [6.45, 7) is 1.66. The number of hydrogen-bond donors (Lipinski definition) is 1. The largest absolute Gasteiger partial charge is 0.476 e. The normalized spacial score (nSPS) is 17.9. The Hall–Kier alpha value is -2.42. The Balaban J connectivity index is 1.57. The second-order valence-corrected chi connectivity index (χ2v) is 6.13. The number of nitrogens with zero attached hydrogens (tertiary/aromatic N) is 6. The zero-order valence-electron chi connectivity index (χ0n) is 12.9. The zero-order valence-corrected chi connectivity index (χ0v) is 13.6. The predicted molar refractivity (Wildman–Crippen MR) is 83.7 cm³/mol. The van der Waals surface area contributed by atoms with Crippen molar-refractivity contribution in [2.24, 2.45) is 0 Å². The van der Waals surface area contributed by atoms with Crippen LogP contribution in [0.15, 0.2) is 18.6 Å². The molecule has 10 heteroatoms. The first kappa shape index (κ1) is 16.4. The fourth-order valence-corrected chi connectivity index (χ4v) is 2.94. The molecule has 0 aromatic carbocycles. The summed E-state index contributed by atoms with van der Waals surface area (Å²) in [5.41, 5.74) is -0.0889. The summed E-state index contributed by atoms with van der Waals surface area (Å²) < 4.78 is 3.17. The molecule has 1 amide bonds. The van der Waals surface area contributed by atoms with E-state index in [-0.39, 0.29) is 17.6 Å². The molecule has 128 valence electrons. The highest BCUT2D eigenvalue weighted by Crippen LogP contribution is 2.21. The van der Waals surface area contributed by atoms with E-state index < -0.39 is 5.97 Å². The average Bonchev–Trinajstić information content (AvgIpc) is 3.22. The molecule has 24 heavy (non-hydrogen) atoms. The van der Waals surface area contributed by atoms with Gasteiger partial charge in [0.25, 0.3) is 0 Å². The first-order valence-electron chi connectivity index (χ1n) is 7.64. The van der Waals surface area contributed by atoms with Crippen LogP contribution in [0.4, 0.5) is 0 Å². The van der Waals surface area contributed by atoms with Crippen molar-refractivity contribution in [2.75, 3.05) is 13.1 Å². The summed E-state index contributed by atoms with van der Waals surface area (Å²) >= 11 is 5.80. The van der Waals surface area contributed by atoms with Crippen molar-refractivity contribution in [2.45, 2.75) is 31.8 Å². The van der Waals surface area contributed by atoms with Gasteiger partial charge in [0.15, 0.2) is 5.69 Å². The Morgan fingerprint density at radius 1 is 1.38 bits per heavy atom. The van der Waals surface area contributed by atoms with E-state index in [2.05, 4.69) is 15.4 Å².